The number of nitrogens with zero attached hydrogens (tertiary/aromatic N) is 1. The molecule has 1 aliphatic rings. The summed E-state index contributed by atoms with van der Waals surface area (Å²) in [5.41, 5.74) is 0. The Hall–Kier alpha value is -0.120. The summed E-state index contributed by atoms with van der Waals surface area (Å²) < 4.78 is 5.47. The van der Waals surface area contributed by atoms with Gasteiger partial charge in [-0.15, -0.1) is 0 Å². The lowest BCUT2D eigenvalue weighted by atomic mass is 10.2. The number of β-amino-alcohol motifs (C(OH)–C–C–N with tert-alkyl or cyclic N) is 1. The molecular weight excluding hydrogens is 154 g/mol. The molecule has 0 saturated carbocycles. The molecule has 0 aliphatic carbocycles. The number of hydrogen-bond donors (Lipinski definition) is 1. The molecule has 0 aromatic carbocycles. The number of rotatable bonds is 4. The van der Waals surface area contributed by atoms with Gasteiger partial charge in [0.15, 0.2) is 0 Å². The van der Waals surface area contributed by atoms with Gasteiger partial charge in [0.2, 0.25) is 0 Å². The van der Waals surface area contributed by atoms with Crippen LogP contribution in [0.15, 0.2) is 0 Å². The minimum absolute atomic E-state index is 0.191. The van der Waals surface area contributed by atoms with E-state index in [4.69, 9.17) is 4.74 Å². The van der Waals surface area contributed by atoms with Gasteiger partial charge < -0.3 is 9.84 Å². The molecule has 1 heterocycles. The fourth-order valence-electron chi connectivity index (χ4n) is 1.41. The minimum atomic E-state index is -0.191. The zero-order chi connectivity index (χ0) is 8.97. The van der Waals surface area contributed by atoms with E-state index in [-0.39, 0.29) is 6.10 Å². The lowest BCUT2D eigenvalue weighted by Gasteiger charge is -2.16. The molecule has 0 bridgehead atoms. The second kappa shape index (κ2) is 4.80. The average molecular weight is 173 g/mol. The van der Waals surface area contributed by atoms with Crippen LogP contribution in [-0.2, 0) is 4.74 Å². The van der Waals surface area contributed by atoms with Crippen molar-refractivity contribution in [3.63, 3.8) is 0 Å². The fourth-order valence-corrected chi connectivity index (χ4v) is 1.41. The van der Waals surface area contributed by atoms with Gasteiger partial charge in [0.05, 0.1) is 18.9 Å². The summed E-state index contributed by atoms with van der Waals surface area (Å²) in [6.45, 7) is 6.56. The first-order valence-corrected chi connectivity index (χ1v) is 4.78. The van der Waals surface area contributed by atoms with Crippen LogP contribution in [0.2, 0.25) is 0 Å². The van der Waals surface area contributed by atoms with E-state index in [9.17, 15) is 5.11 Å². The Kier molecular flexibility index (Phi) is 3.98. The maximum Gasteiger partial charge on any atom is 0.0996 e. The molecular formula is C9H19NO2. The highest BCUT2D eigenvalue weighted by Gasteiger charge is 2.22. The summed E-state index contributed by atoms with van der Waals surface area (Å²) in [5, 5.41) is 9.38. The molecule has 3 nitrogen and oxygen atoms in total. The van der Waals surface area contributed by atoms with Crippen molar-refractivity contribution in [2.75, 3.05) is 19.8 Å². The standard InChI is InChI=1S/C9H19NO2/c1-3-8(11)5-10-6-9(4-2)12-7-10/h8-9,11H,3-7H2,1-2H3. The highest BCUT2D eigenvalue weighted by Crippen LogP contribution is 2.11. The van der Waals surface area contributed by atoms with Gasteiger partial charge in [-0.25, -0.2) is 0 Å². The van der Waals surface area contributed by atoms with E-state index in [1.807, 2.05) is 6.92 Å². The smallest absolute Gasteiger partial charge is 0.0996 e. The maximum absolute atomic E-state index is 9.38. The third-order valence-electron chi connectivity index (χ3n) is 2.35. The van der Waals surface area contributed by atoms with E-state index >= 15 is 0 Å². The molecule has 0 amide bonds. The van der Waals surface area contributed by atoms with Crippen LogP contribution >= 0.6 is 0 Å². The number of aliphatic hydroxyl groups is 1. The summed E-state index contributed by atoms with van der Waals surface area (Å²) in [4.78, 5) is 2.17. The van der Waals surface area contributed by atoms with E-state index in [2.05, 4.69) is 11.8 Å². The van der Waals surface area contributed by atoms with Gasteiger partial charge in [-0.05, 0) is 12.8 Å². The van der Waals surface area contributed by atoms with Crippen LogP contribution in [0.25, 0.3) is 0 Å². The second-order valence-electron chi connectivity index (χ2n) is 3.42. The molecule has 1 fully saturated rings. The molecule has 1 saturated heterocycles. The Morgan fingerprint density at radius 3 is 2.83 bits per heavy atom. The Morgan fingerprint density at radius 2 is 2.33 bits per heavy atom. The van der Waals surface area contributed by atoms with Gasteiger partial charge in [0.1, 0.15) is 0 Å². The van der Waals surface area contributed by atoms with Crippen LogP contribution in [0.4, 0.5) is 0 Å². The number of hydrogen-bond acceptors (Lipinski definition) is 3. The molecule has 2 atom stereocenters. The third-order valence-corrected chi connectivity index (χ3v) is 2.35. The van der Waals surface area contributed by atoms with Gasteiger partial charge in [0.25, 0.3) is 0 Å². The summed E-state index contributed by atoms with van der Waals surface area (Å²) >= 11 is 0. The summed E-state index contributed by atoms with van der Waals surface area (Å²) in [6, 6.07) is 0. The molecule has 1 aliphatic heterocycles. The molecule has 0 aromatic heterocycles. The predicted octanol–water partition coefficient (Wildman–Crippen LogP) is 0.826. The first kappa shape index (κ1) is 9.96. The van der Waals surface area contributed by atoms with E-state index in [0.29, 0.717) is 12.8 Å². The van der Waals surface area contributed by atoms with E-state index in [1.165, 1.54) is 0 Å². The first-order chi connectivity index (χ1) is 5.76. The van der Waals surface area contributed by atoms with E-state index in [1.54, 1.807) is 0 Å². The molecule has 0 radical (unpaired) electrons. The predicted molar refractivity (Wildman–Crippen MR) is 47.9 cm³/mol. The molecule has 2 unspecified atom stereocenters. The number of aliphatic hydroxyl groups excluding tert-OH is 1. The van der Waals surface area contributed by atoms with Crippen LogP contribution in [0.1, 0.15) is 26.7 Å². The van der Waals surface area contributed by atoms with Gasteiger partial charge in [0, 0.05) is 13.1 Å². The molecule has 1 rings (SSSR count). The first-order valence-electron chi connectivity index (χ1n) is 4.78. The van der Waals surface area contributed by atoms with Crippen molar-refractivity contribution in [2.45, 2.75) is 38.9 Å². The molecule has 12 heavy (non-hydrogen) atoms. The van der Waals surface area contributed by atoms with Crippen molar-refractivity contribution in [2.24, 2.45) is 0 Å². The molecule has 1 N–H and O–H groups in total. The van der Waals surface area contributed by atoms with Crippen LogP contribution in [-0.4, -0.2) is 42.0 Å². The topological polar surface area (TPSA) is 32.7 Å². The Morgan fingerprint density at radius 1 is 1.58 bits per heavy atom. The summed E-state index contributed by atoms with van der Waals surface area (Å²) in [7, 11) is 0. The molecule has 0 spiro atoms. The summed E-state index contributed by atoms with van der Waals surface area (Å²) in [6.07, 6.45) is 2.09. The van der Waals surface area contributed by atoms with Crippen molar-refractivity contribution in [3.05, 3.63) is 0 Å². The van der Waals surface area contributed by atoms with Gasteiger partial charge in [-0.2, -0.15) is 0 Å². The summed E-state index contributed by atoms with van der Waals surface area (Å²) in [5.74, 6) is 0. The Labute approximate surface area is 74.3 Å². The van der Waals surface area contributed by atoms with Gasteiger partial charge >= 0.3 is 0 Å². The monoisotopic (exact) mass is 173 g/mol. The van der Waals surface area contributed by atoms with Crippen LogP contribution in [0.5, 0.6) is 0 Å². The zero-order valence-electron chi connectivity index (χ0n) is 7.99. The van der Waals surface area contributed by atoms with Crippen LogP contribution in [0, 0.1) is 0 Å². The Bertz CT molecular complexity index is 130. The lowest BCUT2D eigenvalue weighted by Crippen LogP contribution is -2.30. The van der Waals surface area contributed by atoms with Crippen molar-refractivity contribution in [1.29, 1.82) is 0 Å². The van der Waals surface area contributed by atoms with Crippen molar-refractivity contribution < 1.29 is 9.84 Å². The van der Waals surface area contributed by atoms with Crippen molar-refractivity contribution in [3.8, 4) is 0 Å². The molecule has 3 heteroatoms. The maximum atomic E-state index is 9.38. The minimum Gasteiger partial charge on any atom is -0.392 e. The van der Waals surface area contributed by atoms with E-state index < -0.39 is 0 Å². The third kappa shape index (κ3) is 2.73. The highest BCUT2D eigenvalue weighted by molar-refractivity contribution is 4.71. The number of ether oxygens (including phenoxy) is 1. The van der Waals surface area contributed by atoms with Crippen LogP contribution in [0.3, 0.4) is 0 Å². The van der Waals surface area contributed by atoms with Crippen molar-refractivity contribution in [1.82, 2.24) is 4.90 Å². The fraction of sp³-hybridized carbons (Fsp3) is 1.00. The van der Waals surface area contributed by atoms with Gasteiger partial charge in [-0.3, -0.25) is 4.90 Å². The lowest BCUT2D eigenvalue weighted by molar-refractivity contribution is 0.0656. The quantitative estimate of drug-likeness (QED) is 0.683. The second-order valence-corrected chi connectivity index (χ2v) is 3.42. The van der Waals surface area contributed by atoms with Crippen LogP contribution < -0.4 is 0 Å². The Balaban J connectivity index is 2.18. The zero-order valence-corrected chi connectivity index (χ0v) is 7.99. The normalized spacial score (nSPS) is 27.8. The largest absolute Gasteiger partial charge is 0.392 e. The average Bonchev–Trinajstić information content (AvgIpc) is 2.52. The van der Waals surface area contributed by atoms with Crippen molar-refractivity contribution >= 4 is 0 Å². The molecule has 72 valence electrons. The van der Waals surface area contributed by atoms with E-state index in [0.717, 1.165) is 25.9 Å². The highest BCUT2D eigenvalue weighted by atomic mass is 16.5. The van der Waals surface area contributed by atoms with Gasteiger partial charge in [-0.1, -0.05) is 13.8 Å². The SMILES string of the molecule is CCC(O)CN1COC(CC)C1. The molecule has 0 aromatic rings.